The molecule has 92 valence electrons. The van der Waals surface area contributed by atoms with Gasteiger partial charge in [-0.1, -0.05) is 28.1 Å². The van der Waals surface area contributed by atoms with E-state index in [1.807, 2.05) is 0 Å². The molecule has 0 aliphatic heterocycles. The van der Waals surface area contributed by atoms with E-state index in [0.717, 1.165) is 35.7 Å². The van der Waals surface area contributed by atoms with Crippen LogP contribution in [-0.2, 0) is 6.54 Å². The van der Waals surface area contributed by atoms with E-state index in [0.29, 0.717) is 18.4 Å². The third-order valence-electron chi connectivity index (χ3n) is 3.87. The number of hydrogen-bond donors (Lipinski definition) is 2. The Morgan fingerprint density at radius 3 is 2.24 bits per heavy atom. The summed E-state index contributed by atoms with van der Waals surface area (Å²) in [5, 5.41) is 21.4. The number of allylic oxidation sites excluding steroid dienone is 2. The molecular weight excluding hydrogens is 282 g/mol. The molecule has 0 amide bonds. The molecule has 2 atom stereocenters. The van der Waals surface area contributed by atoms with Gasteiger partial charge in [-0.15, -0.1) is 0 Å². The minimum absolute atomic E-state index is 0.281. The molecule has 17 heavy (non-hydrogen) atoms. The molecule has 1 aromatic rings. The van der Waals surface area contributed by atoms with Crippen LogP contribution in [0.4, 0.5) is 0 Å². The Bertz CT molecular complexity index is 443. The molecular formula is C13H16BrNO2. The number of fused-ring (bicyclic) bond motifs is 5. The second-order valence-corrected chi connectivity index (χ2v) is 5.65. The van der Waals surface area contributed by atoms with E-state index in [1.165, 1.54) is 0 Å². The van der Waals surface area contributed by atoms with Crippen molar-refractivity contribution in [1.82, 2.24) is 4.57 Å². The minimum Gasteiger partial charge on any atom is -0.494 e. The van der Waals surface area contributed by atoms with Gasteiger partial charge in [-0.2, -0.15) is 0 Å². The second kappa shape index (κ2) is 4.09. The highest BCUT2D eigenvalue weighted by Crippen LogP contribution is 2.56. The van der Waals surface area contributed by atoms with Crippen molar-refractivity contribution in [2.45, 2.75) is 37.6 Å². The van der Waals surface area contributed by atoms with E-state index >= 15 is 0 Å². The van der Waals surface area contributed by atoms with E-state index in [9.17, 15) is 10.2 Å². The second-order valence-electron chi connectivity index (χ2n) is 4.86. The van der Waals surface area contributed by atoms with Crippen LogP contribution >= 0.6 is 15.9 Å². The van der Waals surface area contributed by atoms with Gasteiger partial charge < -0.3 is 10.2 Å². The first-order chi connectivity index (χ1) is 8.24. The lowest BCUT2D eigenvalue weighted by Gasteiger charge is -2.09. The van der Waals surface area contributed by atoms with Gasteiger partial charge in [0.05, 0.1) is 0 Å². The maximum absolute atomic E-state index is 10.2. The van der Waals surface area contributed by atoms with Gasteiger partial charge in [-0.05, 0) is 19.3 Å². The number of halogens is 1. The summed E-state index contributed by atoms with van der Waals surface area (Å²) in [5.41, 5.74) is 1.93. The summed E-state index contributed by atoms with van der Waals surface area (Å²) in [4.78, 5) is 0. The lowest BCUT2D eigenvalue weighted by Crippen LogP contribution is -1.99. The quantitative estimate of drug-likeness (QED) is 0.509. The highest BCUT2D eigenvalue weighted by Gasteiger charge is 2.40. The average molecular weight is 298 g/mol. The number of aromatic hydroxyl groups is 2. The number of alkyl halides is 1. The van der Waals surface area contributed by atoms with Crippen molar-refractivity contribution in [1.29, 1.82) is 0 Å². The highest BCUT2D eigenvalue weighted by atomic mass is 79.9. The van der Waals surface area contributed by atoms with Crippen LogP contribution in [-0.4, -0.2) is 20.1 Å². The van der Waals surface area contributed by atoms with Crippen LogP contribution in [0.5, 0.6) is 11.8 Å². The highest BCUT2D eigenvalue weighted by molar-refractivity contribution is 9.09. The van der Waals surface area contributed by atoms with Crippen LogP contribution in [0, 0.1) is 0 Å². The van der Waals surface area contributed by atoms with Gasteiger partial charge in [0.2, 0.25) is 0 Å². The van der Waals surface area contributed by atoms with Crippen LogP contribution in [0.3, 0.4) is 0 Å². The fourth-order valence-electron chi connectivity index (χ4n) is 3.07. The number of rotatable bonds is 4. The number of hydrogen-bond acceptors (Lipinski definition) is 2. The summed E-state index contributed by atoms with van der Waals surface area (Å²) in [6, 6.07) is 0. The van der Waals surface area contributed by atoms with Crippen molar-refractivity contribution in [3.63, 3.8) is 0 Å². The molecule has 3 rings (SSSR count). The molecule has 2 aliphatic rings. The molecule has 0 unspecified atom stereocenters. The zero-order valence-corrected chi connectivity index (χ0v) is 11.2. The molecule has 0 fully saturated rings. The van der Waals surface area contributed by atoms with Gasteiger partial charge in [-0.25, -0.2) is 0 Å². The Balaban J connectivity index is 1.92. The first-order valence-electron chi connectivity index (χ1n) is 6.12. The molecule has 2 N–H and O–H groups in total. The van der Waals surface area contributed by atoms with Gasteiger partial charge in [0.15, 0.2) is 11.8 Å². The lowest BCUT2D eigenvalue weighted by atomic mass is 10.0. The van der Waals surface area contributed by atoms with Crippen LogP contribution in [0.15, 0.2) is 12.2 Å². The fraction of sp³-hybridized carbons (Fsp3) is 0.538. The summed E-state index contributed by atoms with van der Waals surface area (Å²) >= 11 is 3.39. The summed E-state index contributed by atoms with van der Waals surface area (Å²) in [5.74, 6) is 1.20. The van der Waals surface area contributed by atoms with Crippen molar-refractivity contribution >= 4 is 15.9 Å². The predicted molar refractivity (Wildman–Crippen MR) is 70.0 cm³/mol. The molecule has 0 aromatic carbocycles. The van der Waals surface area contributed by atoms with Crippen LogP contribution in [0.1, 0.15) is 42.2 Å². The summed E-state index contributed by atoms with van der Waals surface area (Å²) in [6.45, 7) is 0.690. The molecule has 4 heteroatoms. The van der Waals surface area contributed by atoms with Crippen LogP contribution in [0.2, 0.25) is 0 Å². The number of aromatic nitrogens is 1. The molecule has 0 saturated carbocycles. The Kier molecular flexibility index (Phi) is 2.69. The fourth-order valence-corrected chi connectivity index (χ4v) is 3.46. The van der Waals surface area contributed by atoms with Gasteiger partial charge >= 0.3 is 0 Å². The van der Waals surface area contributed by atoms with Crippen LogP contribution < -0.4 is 0 Å². The number of unbranched alkanes of at least 4 members (excludes halogenated alkanes) is 1. The van der Waals surface area contributed by atoms with Gasteiger partial charge in [0.25, 0.3) is 0 Å². The van der Waals surface area contributed by atoms with E-state index in [4.69, 9.17) is 0 Å². The van der Waals surface area contributed by atoms with E-state index in [-0.39, 0.29) is 11.8 Å². The van der Waals surface area contributed by atoms with Crippen molar-refractivity contribution in [3.05, 3.63) is 23.3 Å². The normalized spacial score (nSPS) is 24.5. The van der Waals surface area contributed by atoms with Crippen molar-refractivity contribution < 1.29 is 10.2 Å². The molecule has 2 aliphatic carbocycles. The molecule has 1 aromatic heterocycles. The van der Waals surface area contributed by atoms with Gasteiger partial charge in [0, 0.05) is 34.8 Å². The minimum atomic E-state index is 0.281. The first-order valence-corrected chi connectivity index (χ1v) is 7.24. The van der Waals surface area contributed by atoms with Crippen molar-refractivity contribution in [3.8, 4) is 11.8 Å². The Labute approximate surface area is 109 Å². The largest absolute Gasteiger partial charge is 0.494 e. The van der Waals surface area contributed by atoms with Crippen molar-refractivity contribution in [2.75, 3.05) is 5.33 Å². The van der Waals surface area contributed by atoms with Gasteiger partial charge in [-0.3, -0.25) is 4.57 Å². The van der Waals surface area contributed by atoms with Crippen molar-refractivity contribution in [2.24, 2.45) is 0 Å². The monoisotopic (exact) mass is 297 g/mol. The third-order valence-corrected chi connectivity index (χ3v) is 4.43. The predicted octanol–water partition coefficient (Wildman–Crippen LogP) is 3.22. The van der Waals surface area contributed by atoms with Crippen LogP contribution in [0.25, 0.3) is 0 Å². The summed E-state index contributed by atoms with van der Waals surface area (Å²) in [7, 11) is 0. The smallest absolute Gasteiger partial charge is 0.198 e. The first kappa shape index (κ1) is 11.2. The maximum atomic E-state index is 10.2. The standard InChI is InChI=1S/C13H16BrNO2/c14-5-1-2-6-15-12(16)10-8-3-4-9(7-8)11(10)13(15)17/h3-4,8-9,16-17H,1-2,5-7H2/t8-,9+. The third kappa shape index (κ3) is 1.53. The Morgan fingerprint density at radius 2 is 1.71 bits per heavy atom. The average Bonchev–Trinajstić information content (AvgIpc) is 2.97. The van der Waals surface area contributed by atoms with E-state index in [2.05, 4.69) is 28.1 Å². The Morgan fingerprint density at radius 1 is 1.12 bits per heavy atom. The summed E-state index contributed by atoms with van der Waals surface area (Å²) in [6.07, 6.45) is 7.33. The molecule has 3 nitrogen and oxygen atoms in total. The molecule has 0 radical (unpaired) electrons. The Hall–Kier alpha value is -0.900. The maximum Gasteiger partial charge on any atom is 0.198 e. The van der Waals surface area contributed by atoms with E-state index < -0.39 is 0 Å². The van der Waals surface area contributed by atoms with Gasteiger partial charge in [0.1, 0.15) is 0 Å². The summed E-state index contributed by atoms with van der Waals surface area (Å²) < 4.78 is 1.67. The zero-order valence-electron chi connectivity index (χ0n) is 9.56. The molecule has 2 bridgehead atoms. The zero-order chi connectivity index (χ0) is 12.0. The topological polar surface area (TPSA) is 45.4 Å². The van der Waals surface area contributed by atoms with E-state index in [1.54, 1.807) is 4.57 Å². The number of nitrogens with zero attached hydrogens (tertiary/aromatic N) is 1. The molecule has 0 spiro atoms. The SMILES string of the molecule is Oc1c2c(c(O)n1CCCCBr)[C@H]1C=C[C@@H]2C1. The molecule has 0 saturated heterocycles. The molecule has 1 heterocycles. The lowest BCUT2D eigenvalue weighted by molar-refractivity contribution is 0.358.